The van der Waals surface area contributed by atoms with Crippen LogP contribution in [0.3, 0.4) is 0 Å². The Morgan fingerprint density at radius 3 is 2.47 bits per heavy atom. The minimum Gasteiger partial charge on any atom is -0.355 e. The van der Waals surface area contributed by atoms with Crippen LogP contribution < -0.4 is 10.6 Å². The van der Waals surface area contributed by atoms with Crippen molar-refractivity contribution in [1.29, 1.82) is 0 Å². The summed E-state index contributed by atoms with van der Waals surface area (Å²) in [5.41, 5.74) is 1.13. The lowest BCUT2D eigenvalue weighted by molar-refractivity contribution is -0.124. The topological polar surface area (TPSA) is 95.6 Å². The van der Waals surface area contributed by atoms with Crippen LogP contribution in [-0.2, 0) is 21.4 Å². The van der Waals surface area contributed by atoms with E-state index in [-0.39, 0.29) is 29.3 Å². The maximum atomic E-state index is 13.7. The minimum absolute atomic E-state index is 0.0202. The van der Waals surface area contributed by atoms with Gasteiger partial charge in [-0.05, 0) is 74.1 Å². The van der Waals surface area contributed by atoms with E-state index in [1.165, 1.54) is 28.6 Å². The predicted octanol–water partition coefficient (Wildman–Crippen LogP) is 3.87. The lowest BCUT2D eigenvalue weighted by Gasteiger charge is -2.29. The van der Waals surface area contributed by atoms with E-state index in [9.17, 15) is 18.0 Å². The Bertz CT molecular complexity index is 1130. The summed E-state index contributed by atoms with van der Waals surface area (Å²) in [6.45, 7) is 0.509. The summed E-state index contributed by atoms with van der Waals surface area (Å²) in [7, 11) is -4.00. The van der Waals surface area contributed by atoms with Crippen molar-refractivity contribution in [1.82, 2.24) is 14.9 Å². The van der Waals surface area contributed by atoms with E-state index >= 15 is 0 Å². The normalized spacial score (nSPS) is 19.6. The molecule has 7 nitrogen and oxygen atoms in total. The van der Waals surface area contributed by atoms with Crippen molar-refractivity contribution in [2.24, 2.45) is 0 Å². The van der Waals surface area contributed by atoms with Gasteiger partial charge in [0.15, 0.2) is 0 Å². The van der Waals surface area contributed by atoms with Gasteiger partial charge in [0.1, 0.15) is 6.04 Å². The number of hydrogen-bond donors (Lipinski definition) is 2. The van der Waals surface area contributed by atoms with Crippen LogP contribution in [0.1, 0.15) is 60.9 Å². The van der Waals surface area contributed by atoms with Gasteiger partial charge in [0.05, 0.1) is 4.90 Å². The Labute approximate surface area is 205 Å². The van der Waals surface area contributed by atoms with Gasteiger partial charge >= 0.3 is 0 Å². The highest BCUT2D eigenvalue weighted by atomic mass is 35.5. The molecule has 0 bridgehead atoms. The van der Waals surface area contributed by atoms with Crippen LogP contribution in [0.4, 0.5) is 0 Å². The molecule has 1 saturated carbocycles. The number of rotatable bonds is 7. The molecule has 2 aromatic rings. The average molecular weight is 504 g/mol. The molecule has 2 aliphatic rings. The molecule has 1 heterocycles. The Balaban J connectivity index is 1.63. The molecule has 9 heteroatoms. The molecule has 0 spiro atoms. The first-order valence-corrected chi connectivity index (χ1v) is 13.6. The van der Waals surface area contributed by atoms with Crippen molar-refractivity contribution in [3.8, 4) is 0 Å². The molecule has 0 aromatic heterocycles. The summed E-state index contributed by atoms with van der Waals surface area (Å²) < 4.78 is 28.6. The number of halogens is 1. The van der Waals surface area contributed by atoms with Gasteiger partial charge in [-0.15, -0.1) is 0 Å². The monoisotopic (exact) mass is 503 g/mol. The second-order valence-electron chi connectivity index (χ2n) is 8.96. The van der Waals surface area contributed by atoms with Gasteiger partial charge in [0, 0.05) is 29.7 Å². The van der Waals surface area contributed by atoms with Crippen LogP contribution in [0.25, 0.3) is 0 Å². The van der Waals surface area contributed by atoms with Gasteiger partial charge in [-0.2, -0.15) is 4.31 Å². The summed E-state index contributed by atoms with van der Waals surface area (Å²) in [6.07, 6.45) is 6.16. The molecule has 4 rings (SSSR count). The van der Waals surface area contributed by atoms with E-state index in [0.29, 0.717) is 29.1 Å². The summed E-state index contributed by atoms with van der Waals surface area (Å²) in [5.74, 6) is -0.460. The van der Waals surface area contributed by atoms with Crippen molar-refractivity contribution in [3.05, 3.63) is 64.7 Å². The molecule has 182 valence electrons. The van der Waals surface area contributed by atoms with Gasteiger partial charge in [0.2, 0.25) is 15.9 Å². The molecule has 1 unspecified atom stereocenters. The molecular weight excluding hydrogens is 474 g/mol. The van der Waals surface area contributed by atoms with Crippen LogP contribution in [0.2, 0.25) is 5.02 Å². The molecule has 1 saturated heterocycles. The van der Waals surface area contributed by atoms with Crippen molar-refractivity contribution in [3.63, 3.8) is 0 Å². The van der Waals surface area contributed by atoms with E-state index in [0.717, 1.165) is 38.5 Å². The maximum Gasteiger partial charge on any atom is 0.251 e. The Hall–Kier alpha value is -2.42. The molecular formula is C25H30ClN3O4S. The molecule has 2 aromatic carbocycles. The summed E-state index contributed by atoms with van der Waals surface area (Å²) in [6, 6.07) is 12.3. The van der Waals surface area contributed by atoms with Crippen LogP contribution >= 0.6 is 11.6 Å². The van der Waals surface area contributed by atoms with Gasteiger partial charge in [-0.3, -0.25) is 9.59 Å². The van der Waals surface area contributed by atoms with Crippen LogP contribution in [0, 0.1) is 0 Å². The third kappa shape index (κ3) is 5.79. The first kappa shape index (κ1) is 24.7. The van der Waals surface area contributed by atoms with Crippen LogP contribution in [0.5, 0.6) is 0 Å². The standard InChI is InChI=1S/C25H30ClN3O4S/c26-20-11-13-22(14-12-20)34(32,33)29(23-10-3-4-15-27-25(23)31)17-18-6-5-7-19(16-18)24(30)28-21-8-1-2-9-21/h5-7,11-14,16,21,23H,1-4,8-10,15,17H2,(H,27,31)(H,28,30). The lowest BCUT2D eigenvalue weighted by atomic mass is 10.1. The number of carbonyl (C=O) groups excluding carboxylic acids is 2. The Morgan fingerprint density at radius 2 is 1.74 bits per heavy atom. The van der Waals surface area contributed by atoms with Gasteiger partial charge in [0.25, 0.3) is 5.91 Å². The third-order valence-electron chi connectivity index (χ3n) is 6.49. The zero-order valence-electron chi connectivity index (χ0n) is 19.0. The highest BCUT2D eigenvalue weighted by Gasteiger charge is 2.36. The molecule has 0 radical (unpaired) electrons. The predicted molar refractivity (Wildman–Crippen MR) is 131 cm³/mol. The number of nitrogens with one attached hydrogen (secondary N) is 2. The quantitative estimate of drug-likeness (QED) is 0.599. The number of nitrogens with zero attached hydrogens (tertiary/aromatic N) is 1. The highest BCUT2D eigenvalue weighted by molar-refractivity contribution is 7.89. The van der Waals surface area contributed by atoms with Gasteiger partial charge < -0.3 is 10.6 Å². The van der Waals surface area contributed by atoms with Crippen LogP contribution in [-0.4, -0.2) is 43.2 Å². The molecule has 2 amide bonds. The fraction of sp³-hybridized carbons (Fsp3) is 0.440. The minimum atomic E-state index is -4.00. The Morgan fingerprint density at radius 1 is 1.03 bits per heavy atom. The van der Waals surface area contributed by atoms with E-state index in [4.69, 9.17) is 11.6 Å². The summed E-state index contributed by atoms with van der Waals surface area (Å²) in [5, 5.41) is 6.33. The maximum absolute atomic E-state index is 13.7. The van der Waals surface area contributed by atoms with Gasteiger partial charge in [-0.1, -0.05) is 36.6 Å². The molecule has 2 fully saturated rings. The van der Waals surface area contributed by atoms with E-state index in [1.807, 2.05) is 0 Å². The van der Waals surface area contributed by atoms with Crippen molar-refractivity contribution in [2.45, 2.75) is 68.5 Å². The van der Waals surface area contributed by atoms with E-state index in [1.54, 1.807) is 24.3 Å². The zero-order chi connectivity index (χ0) is 24.1. The second kappa shape index (κ2) is 10.9. The average Bonchev–Trinajstić information content (AvgIpc) is 3.24. The summed E-state index contributed by atoms with van der Waals surface area (Å²) >= 11 is 5.96. The lowest BCUT2D eigenvalue weighted by Crippen LogP contribution is -2.48. The highest BCUT2D eigenvalue weighted by Crippen LogP contribution is 2.26. The molecule has 1 atom stereocenters. The molecule has 1 aliphatic heterocycles. The van der Waals surface area contributed by atoms with Crippen LogP contribution in [0.15, 0.2) is 53.4 Å². The van der Waals surface area contributed by atoms with Crippen molar-refractivity contribution >= 4 is 33.4 Å². The first-order chi connectivity index (χ1) is 16.3. The van der Waals surface area contributed by atoms with Gasteiger partial charge in [-0.25, -0.2) is 8.42 Å². The molecule has 2 N–H and O–H groups in total. The molecule has 1 aliphatic carbocycles. The zero-order valence-corrected chi connectivity index (χ0v) is 20.6. The summed E-state index contributed by atoms with van der Waals surface area (Å²) in [4.78, 5) is 25.7. The smallest absolute Gasteiger partial charge is 0.251 e. The van der Waals surface area contributed by atoms with E-state index in [2.05, 4.69) is 10.6 Å². The van der Waals surface area contributed by atoms with E-state index < -0.39 is 16.1 Å². The fourth-order valence-corrected chi connectivity index (χ4v) is 6.36. The number of hydrogen-bond acceptors (Lipinski definition) is 4. The SMILES string of the molecule is O=C(NC1CCCC1)c1cccc(CN(C2CCCCNC2=O)S(=O)(=O)c2ccc(Cl)cc2)c1. The first-order valence-electron chi connectivity index (χ1n) is 11.8. The largest absolute Gasteiger partial charge is 0.355 e. The fourth-order valence-electron chi connectivity index (χ4n) is 4.63. The Kier molecular flexibility index (Phi) is 7.91. The van der Waals surface area contributed by atoms with Crippen molar-refractivity contribution in [2.75, 3.05) is 6.54 Å². The van der Waals surface area contributed by atoms with Crippen molar-refractivity contribution < 1.29 is 18.0 Å². The number of benzene rings is 2. The third-order valence-corrected chi connectivity index (χ3v) is 8.61. The number of amides is 2. The molecule has 34 heavy (non-hydrogen) atoms. The second-order valence-corrected chi connectivity index (χ2v) is 11.3. The number of carbonyl (C=O) groups is 2. The number of sulfonamides is 1.